The van der Waals surface area contributed by atoms with Crippen LogP contribution in [0.1, 0.15) is 31.7 Å². The zero-order chi connectivity index (χ0) is 14.5. The second-order valence-electron chi connectivity index (χ2n) is 5.27. The Kier molecular flexibility index (Phi) is 4.78. The molecule has 2 heteroatoms. The topological polar surface area (TPSA) is 20.2 Å². The Morgan fingerprint density at radius 3 is 2.60 bits per heavy atom. The van der Waals surface area contributed by atoms with Crippen molar-refractivity contribution in [3.05, 3.63) is 54.1 Å². The number of rotatable bonds is 6. The van der Waals surface area contributed by atoms with E-state index in [9.17, 15) is 9.50 Å². The van der Waals surface area contributed by atoms with Gasteiger partial charge in [0.15, 0.2) is 0 Å². The van der Waals surface area contributed by atoms with E-state index in [4.69, 9.17) is 0 Å². The van der Waals surface area contributed by atoms with Crippen LogP contribution in [-0.2, 0) is 6.42 Å². The number of phenolic OH excluding ortho intramolecular Hbond substituents is 1. The van der Waals surface area contributed by atoms with Crippen LogP contribution < -0.4 is 0 Å². The standard InChI is InChI=1S/C18H21FO/c1-13(14(2)19)7-3-4-8-15-9-5-11-17-16(15)10-6-12-18(17)20/h5-6,9-12,14,20H,1,3-4,7-8H2,2H3. The molecule has 0 amide bonds. The first-order valence-corrected chi connectivity index (χ1v) is 7.11. The van der Waals surface area contributed by atoms with Gasteiger partial charge in [-0.05, 0) is 55.2 Å². The summed E-state index contributed by atoms with van der Waals surface area (Å²) in [5.74, 6) is 0.323. The van der Waals surface area contributed by atoms with Gasteiger partial charge in [-0.15, -0.1) is 0 Å². The predicted molar refractivity (Wildman–Crippen MR) is 82.9 cm³/mol. The maximum atomic E-state index is 13.0. The van der Waals surface area contributed by atoms with Crippen LogP contribution in [-0.4, -0.2) is 11.3 Å². The molecule has 0 spiro atoms. The lowest BCUT2D eigenvalue weighted by Crippen LogP contribution is -1.97. The van der Waals surface area contributed by atoms with Gasteiger partial charge in [0, 0.05) is 5.39 Å². The quantitative estimate of drug-likeness (QED) is 0.568. The second-order valence-corrected chi connectivity index (χ2v) is 5.27. The molecule has 1 unspecified atom stereocenters. The van der Waals surface area contributed by atoms with E-state index in [2.05, 4.69) is 12.6 Å². The van der Waals surface area contributed by atoms with E-state index in [0.29, 0.717) is 11.3 Å². The van der Waals surface area contributed by atoms with Gasteiger partial charge in [0.25, 0.3) is 0 Å². The molecule has 1 N–H and O–H groups in total. The normalized spacial score (nSPS) is 12.5. The van der Waals surface area contributed by atoms with Crippen LogP contribution in [0.3, 0.4) is 0 Å². The highest BCUT2D eigenvalue weighted by molar-refractivity contribution is 5.90. The fourth-order valence-corrected chi connectivity index (χ4v) is 2.44. The van der Waals surface area contributed by atoms with Crippen LogP contribution in [0.4, 0.5) is 4.39 Å². The smallest absolute Gasteiger partial charge is 0.123 e. The average Bonchev–Trinajstić information content (AvgIpc) is 2.44. The molecule has 1 nitrogen and oxygen atoms in total. The van der Waals surface area contributed by atoms with Crippen LogP contribution in [0.2, 0.25) is 0 Å². The number of aryl methyl sites for hydroxylation is 1. The van der Waals surface area contributed by atoms with Crippen molar-refractivity contribution in [2.45, 2.75) is 38.8 Å². The summed E-state index contributed by atoms with van der Waals surface area (Å²) >= 11 is 0. The Labute approximate surface area is 119 Å². The summed E-state index contributed by atoms with van der Waals surface area (Å²) in [6.45, 7) is 5.29. The highest BCUT2D eigenvalue weighted by Crippen LogP contribution is 2.27. The highest BCUT2D eigenvalue weighted by Gasteiger charge is 2.06. The fourth-order valence-electron chi connectivity index (χ4n) is 2.44. The first-order chi connectivity index (χ1) is 9.59. The number of phenols is 1. The molecule has 0 aromatic heterocycles. The van der Waals surface area contributed by atoms with Crippen molar-refractivity contribution in [3.63, 3.8) is 0 Å². The van der Waals surface area contributed by atoms with Gasteiger partial charge < -0.3 is 5.11 Å². The largest absolute Gasteiger partial charge is 0.507 e. The molecule has 0 heterocycles. The van der Waals surface area contributed by atoms with Crippen molar-refractivity contribution in [2.24, 2.45) is 0 Å². The lowest BCUT2D eigenvalue weighted by atomic mass is 9.98. The monoisotopic (exact) mass is 272 g/mol. The number of halogens is 1. The van der Waals surface area contributed by atoms with Crippen molar-refractivity contribution in [1.82, 2.24) is 0 Å². The fraction of sp³-hybridized carbons (Fsp3) is 0.333. The van der Waals surface area contributed by atoms with Gasteiger partial charge in [0.05, 0.1) is 0 Å². The number of fused-ring (bicyclic) bond motifs is 1. The number of aromatic hydroxyl groups is 1. The molecule has 0 aliphatic rings. The molecule has 2 aromatic carbocycles. The Morgan fingerprint density at radius 2 is 1.85 bits per heavy atom. The summed E-state index contributed by atoms with van der Waals surface area (Å²) < 4.78 is 13.0. The first-order valence-electron chi connectivity index (χ1n) is 7.11. The molecular formula is C18H21FO. The lowest BCUT2D eigenvalue weighted by Gasteiger charge is -2.09. The number of alkyl halides is 1. The van der Waals surface area contributed by atoms with Gasteiger partial charge >= 0.3 is 0 Å². The van der Waals surface area contributed by atoms with Crippen LogP contribution in [0.25, 0.3) is 10.8 Å². The lowest BCUT2D eigenvalue weighted by molar-refractivity contribution is 0.400. The van der Waals surface area contributed by atoms with E-state index in [-0.39, 0.29) is 0 Å². The van der Waals surface area contributed by atoms with Crippen LogP contribution in [0.15, 0.2) is 48.6 Å². The van der Waals surface area contributed by atoms with Crippen molar-refractivity contribution >= 4 is 10.8 Å². The minimum atomic E-state index is -0.912. The zero-order valence-electron chi connectivity index (χ0n) is 11.9. The molecular weight excluding hydrogens is 251 g/mol. The van der Waals surface area contributed by atoms with E-state index in [1.165, 1.54) is 12.5 Å². The van der Waals surface area contributed by atoms with Gasteiger partial charge in [-0.3, -0.25) is 0 Å². The summed E-state index contributed by atoms with van der Waals surface area (Å²) in [4.78, 5) is 0. The van der Waals surface area contributed by atoms with Gasteiger partial charge in [-0.1, -0.05) is 36.9 Å². The van der Waals surface area contributed by atoms with Gasteiger partial charge in [0.2, 0.25) is 0 Å². The van der Waals surface area contributed by atoms with Crippen molar-refractivity contribution in [3.8, 4) is 5.75 Å². The molecule has 0 fully saturated rings. The molecule has 20 heavy (non-hydrogen) atoms. The van der Waals surface area contributed by atoms with Crippen molar-refractivity contribution in [1.29, 1.82) is 0 Å². The number of hydrogen-bond acceptors (Lipinski definition) is 1. The van der Waals surface area contributed by atoms with Crippen LogP contribution in [0, 0.1) is 0 Å². The molecule has 2 rings (SSSR count). The second kappa shape index (κ2) is 6.56. The number of allylic oxidation sites excluding steroid dienone is 1. The third-order valence-corrected chi connectivity index (χ3v) is 3.75. The molecule has 1 atom stereocenters. The highest BCUT2D eigenvalue weighted by atomic mass is 19.1. The minimum Gasteiger partial charge on any atom is -0.507 e. The minimum absolute atomic E-state index is 0.323. The SMILES string of the molecule is C=C(CCCCc1cccc2c(O)cccc12)C(C)F. The van der Waals surface area contributed by atoms with E-state index in [1.54, 1.807) is 6.07 Å². The molecule has 0 radical (unpaired) electrons. The van der Waals surface area contributed by atoms with Crippen LogP contribution >= 0.6 is 0 Å². The number of unbranched alkanes of at least 4 members (excludes halogenated alkanes) is 1. The maximum Gasteiger partial charge on any atom is 0.123 e. The molecule has 106 valence electrons. The van der Waals surface area contributed by atoms with E-state index < -0.39 is 6.17 Å². The van der Waals surface area contributed by atoms with Crippen LogP contribution in [0.5, 0.6) is 5.75 Å². The summed E-state index contributed by atoms with van der Waals surface area (Å²) in [5, 5.41) is 11.8. The number of benzene rings is 2. The number of hydrogen-bond donors (Lipinski definition) is 1. The van der Waals surface area contributed by atoms with E-state index in [0.717, 1.165) is 36.5 Å². The molecule has 0 bridgehead atoms. The summed E-state index contributed by atoms with van der Waals surface area (Å²) in [6, 6.07) is 11.6. The van der Waals surface area contributed by atoms with Crippen molar-refractivity contribution < 1.29 is 9.50 Å². The third-order valence-electron chi connectivity index (χ3n) is 3.75. The molecule has 0 aliphatic heterocycles. The molecule has 0 aliphatic carbocycles. The summed E-state index contributed by atoms with van der Waals surface area (Å²) in [7, 11) is 0. The molecule has 2 aromatic rings. The Morgan fingerprint density at radius 1 is 1.15 bits per heavy atom. The van der Waals surface area contributed by atoms with Gasteiger partial charge in [-0.25, -0.2) is 4.39 Å². The third kappa shape index (κ3) is 3.38. The summed E-state index contributed by atoms with van der Waals surface area (Å²) in [6.07, 6.45) is 2.72. The van der Waals surface area contributed by atoms with Gasteiger partial charge in [-0.2, -0.15) is 0 Å². The zero-order valence-corrected chi connectivity index (χ0v) is 11.9. The molecule has 0 saturated carbocycles. The Hall–Kier alpha value is -1.83. The average molecular weight is 272 g/mol. The predicted octanol–water partition coefficient (Wildman–Crippen LogP) is 5.17. The maximum absolute atomic E-state index is 13.0. The van der Waals surface area contributed by atoms with Gasteiger partial charge in [0.1, 0.15) is 11.9 Å². The Balaban J connectivity index is 2.00. The van der Waals surface area contributed by atoms with E-state index in [1.807, 2.05) is 24.3 Å². The summed E-state index contributed by atoms with van der Waals surface area (Å²) in [5.41, 5.74) is 1.91. The van der Waals surface area contributed by atoms with Crippen molar-refractivity contribution in [2.75, 3.05) is 0 Å². The molecule has 0 saturated heterocycles. The van der Waals surface area contributed by atoms with E-state index >= 15 is 0 Å². The first kappa shape index (κ1) is 14.6. The Bertz CT molecular complexity index is 601.